The van der Waals surface area contributed by atoms with E-state index in [4.69, 9.17) is 0 Å². The third-order valence-corrected chi connectivity index (χ3v) is 4.90. The van der Waals surface area contributed by atoms with E-state index in [1.165, 1.54) is 28.6 Å². The fourth-order valence-electron chi connectivity index (χ4n) is 3.50. The van der Waals surface area contributed by atoms with E-state index >= 15 is 0 Å². The molecule has 0 atom stereocenters. The zero-order chi connectivity index (χ0) is 17.6. The number of carbonyl (C=O) groups is 1. The Bertz CT molecular complexity index is 706. The lowest BCUT2D eigenvalue weighted by molar-refractivity contribution is -0.124. The van der Waals surface area contributed by atoms with Crippen LogP contribution in [0.25, 0.3) is 0 Å². The number of rotatable bonds is 6. The monoisotopic (exact) mass is 334 g/mol. The van der Waals surface area contributed by atoms with Gasteiger partial charge in [0.05, 0.1) is 0 Å². The summed E-state index contributed by atoms with van der Waals surface area (Å²) in [4.78, 5) is 15.8. The summed E-state index contributed by atoms with van der Waals surface area (Å²) >= 11 is 0. The first-order valence-electron chi connectivity index (χ1n) is 9.01. The number of amides is 1. The Labute approximate surface area is 150 Å². The fraction of sp³-hybridized carbons (Fsp3) is 0.318. The normalized spacial score (nSPS) is 12.8. The van der Waals surface area contributed by atoms with Crippen molar-refractivity contribution in [1.29, 1.82) is 0 Å². The topological polar surface area (TPSA) is 23.6 Å². The lowest BCUT2D eigenvalue weighted by Crippen LogP contribution is -2.27. The average molecular weight is 334 g/mol. The summed E-state index contributed by atoms with van der Waals surface area (Å²) in [6, 6.07) is 17.4. The van der Waals surface area contributed by atoms with Crippen LogP contribution < -0.4 is 4.90 Å². The largest absolute Gasteiger partial charge is 0.342 e. The standard InChI is InChI=1S/C22H26N2O/c1-3-22(25)23(2)16-8-9-17-24-20-12-6-4-10-18(20)14-15-19-11-5-7-13-21(19)24/h3-7,10-13H,1,8-9,14-17H2,2H3. The Hall–Kier alpha value is -2.55. The highest BCUT2D eigenvalue weighted by Crippen LogP contribution is 2.35. The molecule has 0 fully saturated rings. The molecule has 130 valence electrons. The smallest absolute Gasteiger partial charge is 0.245 e. The molecule has 1 aliphatic rings. The van der Waals surface area contributed by atoms with Gasteiger partial charge in [-0.3, -0.25) is 4.79 Å². The van der Waals surface area contributed by atoms with Crippen molar-refractivity contribution < 1.29 is 4.79 Å². The minimum atomic E-state index is -0.00883. The Morgan fingerprint density at radius 2 is 1.60 bits per heavy atom. The van der Waals surface area contributed by atoms with Gasteiger partial charge in [0.1, 0.15) is 0 Å². The van der Waals surface area contributed by atoms with Gasteiger partial charge in [-0.25, -0.2) is 0 Å². The van der Waals surface area contributed by atoms with Crippen molar-refractivity contribution in [2.75, 3.05) is 25.0 Å². The van der Waals surface area contributed by atoms with E-state index in [1.54, 1.807) is 4.90 Å². The number of aryl methyl sites for hydroxylation is 2. The van der Waals surface area contributed by atoms with Crippen molar-refractivity contribution in [3.8, 4) is 0 Å². The van der Waals surface area contributed by atoms with Crippen LogP contribution in [-0.2, 0) is 17.6 Å². The third kappa shape index (κ3) is 3.93. The number of hydrogen-bond acceptors (Lipinski definition) is 2. The highest BCUT2D eigenvalue weighted by molar-refractivity contribution is 5.86. The quantitative estimate of drug-likeness (QED) is 0.579. The first-order valence-corrected chi connectivity index (χ1v) is 9.01. The van der Waals surface area contributed by atoms with E-state index in [-0.39, 0.29) is 5.91 Å². The van der Waals surface area contributed by atoms with E-state index in [1.807, 2.05) is 7.05 Å². The first kappa shape index (κ1) is 17.3. The second kappa shape index (κ2) is 8.02. The molecule has 3 nitrogen and oxygen atoms in total. The molecule has 0 saturated heterocycles. The van der Waals surface area contributed by atoms with Crippen LogP contribution in [-0.4, -0.2) is 30.9 Å². The zero-order valence-corrected chi connectivity index (χ0v) is 14.9. The van der Waals surface area contributed by atoms with E-state index in [2.05, 4.69) is 60.0 Å². The summed E-state index contributed by atoms with van der Waals surface area (Å²) in [7, 11) is 1.83. The van der Waals surface area contributed by atoms with Crippen molar-refractivity contribution in [2.24, 2.45) is 0 Å². The van der Waals surface area contributed by atoms with Gasteiger partial charge in [-0.15, -0.1) is 0 Å². The fourth-order valence-corrected chi connectivity index (χ4v) is 3.50. The number of carbonyl (C=O) groups excluding carboxylic acids is 1. The molecule has 3 heteroatoms. The molecule has 2 aromatic carbocycles. The molecule has 0 radical (unpaired) electrons. The van der Waals surface area contributed by atoms with Gasteiger partial charge >= 0.3 is 0 Å². The molecule has 0 aromatic heterocycles. The zero-order valence-electron chi connectivity index (χ0n) is 14.9. The summed E-state index contributed by atoms with van der Waals surface area (Å²) in [6.07, 6.45) is 5.57. The summed E-state index contributed by atoms with van der Waals surface area (Å²) in [5.74, 6) is -0.00883. The summed E-state index contributed by atoms with van der Waals surface area (Å²) < 4.78 is 0. The van der Waals surface area contributed by atoms with Crippen LogP contribution in [0.5, 0.6) is 0 Å². The van der Waals surface area contributed by atoms with Crippen molar-refractivity contribution in [1.82, 2.24) is 4.90 Å². The van der Waals surface area contributed by atoms with Gasteiger partial charge in [0.25, 0.3) is 0 Å². The predicted molar refractivity (Wildman–Crippen MR) is 104 cm³/mol. The van der Waals surface area contributed by atoms with Gasteiger partial charge < -0.3 is 9.80 Å². The van der Waals surface area contributed by atoms with Crippen LogP contribution in [0.1, 0.15) is 24.0 Å². The number of fused-ring (bicyclic) bond motifs is 2. The van der Waals surface area contributed by atoms with Crippen LogP contribution in [0, 0.1) is 0 Å². The van der Waals surface area contributed by atoms with Crippen molar-refractivity contribution in [2.45, 2.75) is 25.7 Å². The minimum absolute atomic E-state index is 0.00883. The number of anilines is 2. The highest BCUT2D eigenvalue weighted by atomic mass is 16.2. The first-order chi connectivity index (χ1) is 12.2. The molecule has 0 bridgehead atoms. The Morgan fingerprint density at radius 1 is 1.04 bits per heavy atom. The minimum Gasteiger partial charge on any atom is -0.342 e. The lowest BCUT2D eigenvalue weighted by Gasteiger charge is -2.27. The Kier molecular flexibility index (Phi) is 5.54. The number of likely N-dealkylation sites (N-methyl/N-ethyl adjacent to an activating group) is 1. The summed E-state index contributed by atoms with van der Waals surface area (Å²) in [6.45, 7) is 5.27. The number of hydrogen-bond donors (Lipinski definition) is 0. The molecule has 1 amide bonds. The molecule has 1 heterocycles. The third-order valence-electron chi connectivity index (χ3n) is 4.90. The number of nitrogens with zero attached hydrogens (tertiary/aromatic N) is 2. The van der Waals surface area contributed by atoms with Crippen molar-refractivity contribution >= 4 is 17.3 Å². The van der Waals surface area contributed by atoms with Crippen molar-refractivity contribution in [3.63, 3.8) is 0 Å². The Balaban J connectivity index is 1.74. The van der Waals surface area contributed by atoms with E-state index < -0.39 is 0 Å². The van der Waals surface area contributed by atoms with Crippen LogP contribution in [0.15, 0.2) is 61.2 Å². The second-order valence-corrected chi connectivity index (χ2v) is 6.58. The second-order valence-electron chi connectivity index (χ2n) is 6.58. The molecule has 0 N–H and O–H groups in total. The molecular formula is C22H26N2O. The van der Waals surface area contributed by atoms with Crippen LogP contribution in [0.2, 0.25) is 0 Å². The maximum Gasteiger partial charge on any atom is 0.245 e. The van der Waals surface area contributed by atoms with Gasteiger partial charge in [-0.2, -0.15) is 0 Å². The van der Waals surface area contributed by atoms with Crippen LogP contribution in [0.3, 0.4) is 0 Å². The maximum atomic E-state index is 11.6. The van der Waals surface area contributed by atoms with Gasteiger partial charge in [-0.05, 0) is 55.0 Å². The molecule has 25 heavy (non-hydrogen) atoms. The molecular weight excluding hydrogens is 308 g/mol. The molecule has 0 aliphatic carbocycles. The van der Waals surface area contributed by atoms with Crippen LogP contribution in [0.4, 0.5) is 11.4 Å². The lowest BCUT2D eigenvalue weighted by atomic mass is 10.0. The van der Waals surface area contributed by atoms with Gasteiger partial charge in [0.2, 0.25) is 5.91 Å². The van der Waals surface area contributed by atoms with Gasteiger partial charge in [0.15, 0.2) is 0 Å². The highest BCUT2D eigenvalue weighted by Gasteiger charge is 2.19. The molecule has 0 saturated carbocycles. The van der Waals surface area contributed by atoms with E-state index in [0.29, 0.717) is 0 Å². The summed E-state index contributed by atoms with van der Waals surface area (Å²) in [5.41, 5.74) is 5.47. The maximum absolute atomic E-state index is 11.6. The number of unbranched alkanes of at least 4 members (excludes halogenated alkanes) is 1. The molecule has 2 aromatic rings. The van der Waals surface area contributed by atoms with Gasteiger partial charge in [-0.1, -0.05) is 43.0 Å². The Morgan fingerprint density at radius 3 is 2.16 bits per heavy atom. The van der Waals surface area contributed by atoms with Gasteiger partial charge in [0, 0.05) is 31.5 Å². The molecule has 1 aliphatic heterocycles. The summed E-state index contributed by atoms with van der Waals surface area (Å²) in [5, 5.41) is 0. The average Bonchev–Trinajstić information content (AvgIpc) is 2.81. The number of para-hydroxylation sites is 2. The SMILES string of the molecule is C=CC(=O)N(C)CCCCN1c2ccccc2CCc2ccccc21. The number of benzene rings is 2. The van der Waals surface area contributed by atoms with Crippen LogP contribution >= 0.6 is 0 Å². The van der Waals surface area contributed by atoms with E-state index in [0.717, 1.165) is 38.8 Å². The van der Waals surface area contributed by atoms with E-state index in [9.17, 15) is 4.79 Å². The predicted octanol–water partition coefficient (Wildman–Crippen LogP) is 4.35. The van der Waals surface area contributed by atoms with Crippen molar-refractivity contribution in [3.05, 3.63) is 72.3 Å². The molecule has 0 unspecified atom stereocenters. The molecule has 3 rings (SSSR count). The molecule has 0 spiro atoms.